The minimum atomic E-state index is -0.744. The van der Waals surface area contributed by atoms with E-state index >= 15 is 0 Å². The lowest BCUT2D eigenvalue weighted by Gasteiger charge is -2.09. The average Bonchev–Trinajstić information content (AvgIpc) is 2.57. The van der Waals surface area contributed by atoms with E-state index in [9.17, 15) is 14.7 Å². The number of aromatic nitrogens is 3. The number of nitrogens with one attached hydrogen (secondary N) is 1. The maximum Gasteiger partial charge on any atom is 0.335 e. The van der Waals surface area contributed by atoms with Gasteiger partial charge in [-0.25, -0.2) is 19.3 Å². The van der Waals surface area contributed by atoms with Crippen molar-refractivity contribution >= 4 is 43.9 Å². The number of benzene rings is 1. The van der Waals surface area contributed by atoms with Crippen LogP contribution in [0.25, 0.3) is 5.69 Å². The molecule has 2 heterocycles. The van der Waals surface area contributed by atoms with E-state index < -0.39 is 17.1 Å². The Bertz CT molecular complexity index is 1070. The molecule has 0 aliphatic carbocycles. The van der Waals surface area contributed by atoms with E-state index in [2.05, 4.69) is 46.8 Å². The van der Waals surface area contributed by atoms with Crippen LogP contribution in [0.4, 0.5) is 5.82 Å². The molecular weight excluding hydrogens is 456 g/mol. The fraction of sp³-hybridized carbons (Fsp3) is 0. The SMILES string of the molecule is O=c1[nH]c(=O)n(-c2ccccc2)c(O)c1/C=N/c1ncc(Br)cc1Br. The predicted molar refractivity (Wildman–Crippen MR) is 101 cm³/mol. The van der Waals surface area contributed by atoms with Crippen LogP contribution in [-0.2, 0) is 0 Å². The quantitative estimate of drug-likeness (QED) is 0.580. The number of aliphatic imine (C=N–C) groups is 1. The van der Waals surface area contributed by atoms with Gasteiger partial charge in [0.2, 0.25) is 5.88 Å². The summed E-state index contributed by atoms with van der Waals surface area (Å²) in [5.74, 6) is -0.184. The number of para-hydroxylation sites is 1. The van der Waals surface area contributed by atoms with Crippen molar-refractivity contribution in [3.8, 4) is 11.6 Å². The van der Waals surface area contributed by atoms with Crippen LogP contribution in [-0.4, -0.2) is 25.9 Å². The van der Waals surface area contributed by atoms with Crippen molar-refractivity contribution in [1.29, 1.82) is 0 Å². The Balaban J connectivity index is 2.12. The summed E-state index contributed by atoms with van der Waals surface area (Å²) in [5.41, 5.74) is -1.22. The molecule has 0 amide bonds. The summed E-state index contributed by atoms with van der Waals surface area (Å²) in [6.45, 7) is 0. The van der Waals surface area contributed by atoms with Crippen LogP contribution in [0.3, 0.4) is 0 Å². The van der Waals surface area contributed by atoms with Gasteiger partial charge in [-0.3, -0.25) is 9.78 Å². The van der Waals surface area contributed by atoms with Crippen LogP contribution in [0.1, 0.15) is 5.56 Å². The van der Waals surface area contributed by atoms with Gasteiger partial charge in [0, 0.05) is 16.9 Å². The zero-order valence-electron chi connectivity index (χ0n) is 12.5. The van der Waals surface area contributed by atoms with Gasteiger partial charge in [0.05, 0.1) is 10.2 Å². The van der Waals surface area contributed by atoms with E-state index in [1.807, 2.05) is 0 Å². The molecule has 3 aromatic rings. The molecule has 0 saturated carbocycles. The number of rotatable bonds is 3. The normalized spacial score (nSPS) is 11.1. The molecule has 3 rings (SSSR count). The van der Waals surface area contributed by atoms with Crippen LogP contribution >= 0.6 is 31.9 Å². The number of hydrogen-bond donors (Lipinski definition) is 2. The molecule has 0 bridgehead atoms. The van der Waals surface area contributed by atoms with Gasteiger partial charge in [-0.15, -0.1) is 0 Å². The number of halogens is 2. The van der Waals surface area contributed by atoms with Crippen molar-refractivity contribution in [2.75, 3.05) is 0 Å². The standard InChI is InChI=1S/C16H10Br2N4O3/c17-9-6-12(18)13(19-7-9)20-8-11-14(23)21-16(25)22(15(11)24)10-4-2-1-3-5-10/h1-8,24H,(H,21,23,25)/b20-8+. The highest BCUT2D eigenvalue weighted by atomic mass is 79.9. The lowest BCUT2D eigenvalue weighted by Crippen LogP contribution is -2.31. The first-order valence-corrected chi connectivity index (χ1v) is 8.55. The van der Waals surface area contributed by atoms with Crippen LogP contribution in [0.15, 0.2) is 66.1 Å². The van der Waals surface area contributed by atoms with E-state index in [0.717, 1.165) is 15.3 Å². The van der Waals surface area contributed by atoms with Crippen LogP contribution in [0, 0.1) is 0 Å². The van der Waals surface area contributed by atoms with Crippen LogP contribution in [0.2, 0.25) is 0 Å². The maximum atomic E-state index is 12.1. The molecule has 0 spiro atoms. The smallest absolute Gasteiger partial charge is 0.335 e. The van der Waals surface area contributed by atoms with Gasteiger partial charge in [0.25, 0.3) is 5.56 Å². The summed E-state index contributed by atoms with van der Waals surface area (Å²) < 4.78 is 2.36. The van der Waals surface area contributed by atoms with Crippen molar-refractivity contribution in [3.63, 3.8) is 0 Å². The predicted octanol–water partition coefficient (Wildman–Crippen LogP) is 2.90. The van der Waals surface area contributed by atoms with Gasteiger partial charge in [-0.05, 0) is 50.1 Å². The Labute approximate surface area is 158 Å². The molecule has 0 radical (unpaired) electrons. The summed E-state index contributed by atoms with van der Waals surface area (Å²) in [4.78, 5) is 34.5. The first-order valence-electron chi connectivity index (χ1n) is 6.96. The van der Waals surface area contributed by atoms with E-state index in [4.69, 9.17) is 0 Å². The minimum Gasteiger partial charge on any atom is -0.493 e. The molecule has 0 saturated heterocycles. The zero-order chi connectivity index (χ0) is 18.0. The number of aromatic amines is 1. The summed E-state index contributed by atoms with van der Waals surface area (Å²) in [7, 11) is 0. The zero-order valence-corrected chi connectivity index (χ0v) is 15.7. The average molecular weight is 466 g/mol. The van der Waals surface area contributed by atoms with E-state index in [-0.39, 0.29) is 5.56 Å². The Morgan fingerprint density at radius 1 is 1.20 bits per heavy atom. The lowest BCUT2D eigenvalue weighted by molar-refractivity contribution is 0.430. The third-order valence-electron chi connectivity index (χ3n) is 3.24. The topological polar surface area (TPSA) is 100 Å². The van der Waals surface area contributed by atoms with Gasteiger partial charge >= 0.3 is 5.69 Å². The van der Waals surface area contributed by atoms with Crippen molar-refractivity contribution in [2.45, 2.75) is 0 Å². The fourth-order valence-electron chi connectivity index (χ4n) is 2.10. The van der Waals surface area contributed by atoms with Crippen molar-refractivity contribution < 1.29 is 5.11 Å². The lowest BCUT2D eigenvalue weighted by atomic mass is 10.3. The monoisotopic (exact) mass is 464 g/mol. The number of pyridine rings is 1. The molecule has 25 heavy (non-hydrogen) atoms. The Kier molecular flexibility index (Phi) is 4.95. The largest absolute Gasteiger partial charge is 0.493 e. The molecule has 0 atom stereocenters. The number of aromatic hydroxyl groups is 1. The third-order valence-corrected chi connectivity index (χ3v) is 4.26. The Morgan fingerprint density at radius 2 is 1.92 bits per heavy atom. The minimum absolute atomic E-state index is 0.153. The summed E-state index contributed by atoms with van der Waals surface area (Å²) >= 11 is 6.59. The second-order valence-corrected chi connectivity index (χ2v) is 6.65. The fourth-order valence-corrected chi connectivity index (χ4v) is 3.19. The number of H-pyrrole nitrogens is 1. The molecule has 0 unspecified atom stereocenters. The van der Waals surface area contributed by atoms with E-state index in [1.165, 1.54) is 0 Å². The van der Waals surface area contributed by atoms with Crippen molar-refractivity contribution in [3.05, 3.63) is 77.9 Å². The van der Waals surface area contributed by atoms with Crippen LogP contribution in [0.5, 0.6) is 5.88 Å². The van der Waals surface area contributed by atoms with E-state index in [1.54, 1.807) is 42.6 Å². The number of nitrogens with zero attached hydrogens (tertiary/aromatic N) is 3. The van der Waals surface area contributed by atoms with E-state index in [0.29, 0.717) is 16.0 Å². The first-order chi connectivity index (χ1) is 12.0. The summed E-state index contributed by atoms with van der Waals surface area (Å²) in [6, 6.07) is 10.2. The molecule has 2 aromatic heterocycles. The van der Waals surface area contributed by atoms with Gasteiger partial charge in [0.15, 0.2) is 5.82 Å². The highest BCUT2D eigenvalue weighted by Gasteiger charge is 2.14. The van der Waals surface area contributed by atoms with Crippen molar-refractivity contribution in [2.24, 2.45) is 4.99 Å². The van der Waals surface area contributed by atoms with Gasteiger partial charge in [-0.1, -0.05) is 18.2 Å². The Morgan fingerprint density at radius 3 is 2.60 bits per heavy atom. The maximum absolute atomic E-state index is 12.1. The molecule has 126 valence electrons. The molecule has 0 fully saturated rings. The van der Waals surface area contributed by atoms with Gasteiger partial charge in [-0.2, -0.15) is 0 Å². The molecule has 2 N–H and O–H groups in total. The Hall–Kier alpha value is -2.52. The molecule has 1 aromatic carbocycles. The molecule has 7 nitrogen and oxygen atoms in total. The molecule has 9 heteroatoms. The van der Waals surface area contributed by atoms with Gasteiger partial charge < -0.3 is 5.11 Å². The molecule has 0 aliphatic rings. The molecule has 0 aliphatic heterocycles. The molecular formula is C16H10Br2N4O3. The first kappa shape index (κ1) is 17.3. The highest BCUT2D eigenvalue weighted by Crippen LogP contribution is 2.26. The second kappa shape index (κ2) is 7.16. The van der Waals surface area contributed by atoms with Crippen LogP contribution < -0.4 is 11.2 Å². The summed E-state index contributed by atoms with van der Waals surface area (Å²) in [5, 5.41) is 10.4. The van der Waals surface area contributed by atoms with Gasteiger partial charge in [0.1, 0.15) is 5.56 Å². The summed E-state index contributed by atoms with van der Waals surface area (Å²) in [6.07, 6.45) is 2.71. The third kappa shape index (κ3) is 3.62. The number of hydrogen-bond acceptors (Lipinski definition) is 5. The highest BCUT2D eigenvalue weighted by molar-refractivity contribution is 9.11. The van der Waals surface area contributed by atoms with Crippen molar-refractivity contribution in [1.82, 2.24) is 14.5 Å². The second-order valence-electron chi connectivity index (χ2n) is 4.88.